The van der Waals surface area contributed by atoms with Crippen LogP contribution in [-0.4, -0.2) is 22.9 Å². The van der Waals surface area contributed by atoms with Gasteiger partial charge in [-0.15, -0.1) is 0 Å². The Morgan fingerprint density at radius 1 is 1.16 bits per heavy atom. The molecule has 0 spiro atoms. The molecule has 0 saturated heterocycles. The molecule has 25 heavy (non-hydrogen) atoms. The van der Waals surface area contributed by atoms with Gasteiger partial charge in [-0.3, -0.25) is 10.1 Å². The summed E-state index contributed by atoms with van der Waals surface area (Å²) < 4.78 is 5.10. The highest BCUT2D eigenvalue weighted by atomic mass is 16.5. The number of amides is 1. The van der Waals surface area contributed by atoms with Crippen LogP contribution >= 0.6 is 0 Å². The van der Waals surface area contributed by atoms with Gasteiger partial charge in [0.1, 0.15) is 0 Å². The average Bonchev–Trinajstić information content (AvgIpc) is 2.63. The van der Waals surface area contributed by atoms with E-state index in [2.05, 4.69) is 15.5 Å². The summed E-state index contributed by atoms with van der Waals surface area (Å²) in [6.45, 7) is 2.43. The van der Waals surface area contributed by atoms with Crippen LogP contribution < -0.4 is 10.9 Å². The van der Waals surface area contributed by atoms with Crippen LogP contribution in [0, 0.1) is 0 Å². The van der Waals surface area contributed by atoms with E-state index in [-0.39, 0.29) is 5.56 Å². The molecule has 0 aliphatic carbocycles. The second-order valence-electron chi connectivity index (χ2n) is 5.64. The van der Waals surface area contributed by atoms with Gasteiger partial charge >= 0.3 is 6.09 Å². The maximum absolute atomic E-state index is 11.9. The molecule has 6 nitrogen and oxygen atoms in total. The molecule has 3 aromatic rings. The Kier molecular flexibility index (Phi) is 5.09. The Morgan fingerprint density at radius 2 is 1.96 bits per heavy atom. The predicted molar refractivity (Wildman–Crippen MR) is 97.7 cm³/mol. The van der Waals surface area contributed by atoms with E-state index in [0.29, 0.717) is 23.4 Å². The molecule has 0 aliphatic heterocycles. The number of anilines is 1. The summed E-state index contributed by atoms with van der Waals surface area (Å²) in [6, 6.07) is 14.6. The first-order chi connectivity index (χ1) is 12.2. The zero-order chi connectivity index (χ0) is 17.6. The van der Waals surface area contributed by atoms with Crippen LogP contribution in [0.25, 0.3) is 22.0 Å². The maximum Gasteiger partial charge on any atom is 0.411 e. The van der Waals surface area contributed by atoms with Crippen LogP contribution in [0.15, 0.2) is 53.3 Å². The molecular formula is C19H19N3O3. The van der Waals surface area contributed by atoms with Crippen LogP contribution in [0.3, 0.4) is 0 Å². The smallest absolute Gasteiger partial charge is 0.411 e. The number of carbonyl (C=O) groups is 1. The number of unbranched alkanes of at least 4 members (excludes halogenated alkanes) is 1. The van der Waals surface area contributed by atoms with Gasteiger partial charge in [-0.25, -0.2) is 9.89 Å². The Labute approximate surface area is 144 Å². The van der Waals surface area contributed by atoms with E-state index in [0.717, 1.165) is 23.8 Å². The topological polar surface area (TPSA) is 84.1 Å². The van der Waals surface area contributed by atoms with Crippen molar-refractivity contribution < 1.29 is 9.53 Å². The van der Waals surface area contributed by atoms with Gasteiger partial charge in [-0.2, -0.15) is 5.10 Å². The third-order valence-electron chi connectivity index (χ3n) is 3.81. The van der Waals surface area contributed by atoms with Crippen molar-refractivity contribution in [2.24, 2.45) is 0 Å². The first-order valence-corrected chi connectivity index (χ1v) is 8.20. The standard InChI is InChI=1S/C19H19N3O3/c1-2-3-11-25-19(24)20-14-8-6-7-13(12-14)17-15-9-4-5-10-16(15)18(23)22-21-17/h4-10,12H,2-3,11H2,1H3,(H,20,24)(H,22,23). The monoisotopic (exact) mass is 337 g/mol. The SMILES string of the molecule is CCCCOC(=O)Nc1cccc(-c2n[nH]c(=O)c3ccccc23)c1. The number of benzene rings is 2. The minimum absolute atomic E-state index is 0.229. The summed E-state index contributed by atoms with van der Waals surface area (Å²) in [5.74, 6) is 0. The van der Waals surface area contributed by atoms with Gasteiger partial charge in [0.05, 0.1) is 17.7 Å². The molecule has 2 aromatic carbocycles. The Balaban J connectivity index is 1.89. The highest BCUT2D eigenvalue weighted by Gasteiger charge is 2.10. The molecular weight excluding hydrogens is 318 g/mol. The molecule has 0 radical (unpaired) electrons. The van der Waals surface area contributed by atoms with Crippen molar-refractivity contribution in [1.82, 2.24) is 10.2 Å². The van der Waals surface area contributed by atoms with Crippen molar-refractivity contribution in [2.45, 2.75) is 19.8 Å². The number of nitrogens with zero attached hydrogens (tertiary/aromatic N) is 1. The highest BCUT2D eigenvalue weighted by molar-refractivity contribution is 5.94. The van der Waals surface area contributed by atoms with Gasteiger partial charge in [0.15, 0.2) is 0 Å². The lowest BCUT2D eigenvalue weighted by molar-refractivity contribution is 0.160. The predicted octanol–water partition coefficient (Wildman–Crippen LogP) is 3.94. The van der Waals surface area contributed by atoms with Crippen LogP contribution in [0.4, 0.5) is 10.5 Å². The van der Waals surface area contributed by atoms with Crippen molar-refractivity contribution >= 4 is 22.6 Å². The molecule has 6 heteroatoms. The van der Waals surface area contributed by atoms with Crippen molar-refractivity contribution in [2.75, 3.05) is 11.9 Å². The number of H-pyrrole nitrogens is 1. The third kappa shape index (κ3) is 3.85. The maximum atomic E-state index is 11.9. The van der Waals surface area contributed by atoms with E-state index < -0.39 is 6.09 Å². The second kappa shape index (κ2) is 7.61. The largest absolute Gasteiger partial charge is 0.449 e. The van der Waals surface area contributed by atoms with E-state index in [9.17, 15) is 9.59 Å². The fourth-order valence-corrected chi connectivity index (χ4v) is 2.54. The molecule has 0 bridgehead atoms. The minimum atomic E-state index is -0.482. The lowest BCUT2D eigenvalue weighted by Gasteiger charge is -2.09. The van der Waals surface area contributed by atoms with Crippen molar-refractivity contribution in [1.29, 1.82) is 0 Å². The van der Waals surface area contributed by atoms with Gasteiger partial charge in [0, 0.05) is 16.6 Å². The molecule has 3 rings (SSSR count). The van der Waals surface area contributed by atoms with E-state index >= 15 is 0 Å². The summed E-state index contributed by atoms with van der Waals surface area (Å²) >= 11 is 0. The summed E-state index contributed by atoms with van der Waals surface area (Å²) in [5, 5.41) is 10.7. The van der Waals surface area contributed by atoms with Crippen molar-refractivity contribution in [3.05, 3.63) is 58.9 Å². The van der Waals surface area contributed by atoms with E-state index in [1.807, 2.05) is 37.3 Å². The van der Waals surface area contributed by atoms with Crippen LogP contribution in [-0.2, 0) is 4.74 Å². The fraction of sp³-hybridized carbons (Fsp3) is 0.211. The molecule has 0 aliphatic rings. The van der Waals surface area contributed by atoms with E-state index in [4.69, 9.17) is 4.74 Å². The van der Waals surface area contributed by atoms with Gasteiger partial charge < -0.3 is 4.74 Å². The summed E-state index contributed by atoms with van der Waals surface area (Å²) in [4.78, 5) is 23.7. The Morgan fingerprint density at radius 3 is 2.76 bits per heavy atom. The molecule has 1 heterocycles. The number of hydrogen-bond acceptors (Lipinski definition) is 4. The molecule has 0 saturated carbocycles. The quantitative estimate of drug-likeness (QED) is 0.691. The van der Waals surface area contributed by atoms with Crippen molar-refractivity contribution in [3.8, 4) is 11.3 Å². The lowest BCUT2D eigenvalue weighted by Crippen LogP contribution is -2.14. The lowest BCUT2D eigenvalue weighted by atomic mass is 10.0. The summed E-state index contributed by atoms with van der Waals surface area (Å²) in [6.07, 6.45) is 1.32. The summed E-state index contributed by atoms with van der Waals surface area (Å²) in [7, 11) is 0. The number of aromatic nitrogens is 2. The molecule has 0 atom stereocenters. The number of ether oxygens (including phenoxy) is 1. The molecule has 0 unspecified atom stereocenters. The minimum Gasteiger partial charge on any atom is -0.449 e. The molecule has 1 amide bonds. The third-order valence-corrected chi connectivity index (χ3v) is 3.81. The fourth-order valence-electron chi connectivity index (χ4n) is 2.54. The first-order valence-electron chi connectivity index (χ1n) is 8.20. The summed E-state index contributed by atoms with van der Waals surface area (Å²) in [5.41, 5.74) is 1.82. The molecule has 1 aromatic heterocycles. The van der Waals surface area contributed by atoms with Crippen LogP contribution in [0.1, 0.15) is 19.8 Å². The number of nitrogens with one attached hydrogen (secondary N) is 2. The van der Waals surface area contributed by atoms with Gasteiger partial charge in [0.25, 0.3) is 5.56 Å². The Bertz CT molecular complexity index is 950. The zero-order valence-corrected chi connectivity index (χ0v) is 13.9. The van der Waals surface area contributed by atoms with Crippen molar-refractivity contribution in [3.63, 3.8) is 0 Å². The number of fused-ring (bicyclic) bond motifs is 1. The number of rotatable bonds is 5. The normalized spacial score (nSPS) is 10.6. The van der Waals surface area contributed by atoms with Crippen LogP contribution in [0.5, 0.6) is 0 Å². The first kappa shape index (κ1) is 16.7. The number of aromatic amines is 1. The number of hydrogen-bond donors (Lipinski definition) is 2. The molecule has 128 valence electrons. The zero-order valence-electron chi connectivity index (χ0n) is 13.9. The second-order valence-corrected chi connectivity index (χ2v) is 5.64. The van der Waals surface area contributed by atoms with Gasteiger partial charge in [0.2, 0.25) is 0 Å². The van der Waals surface area contributed by atoms with Crippen LogP contribution in [0.2, 0.25) is 0 Å². The van der Waals surface area contributed by atoms with Gasteiger partial charge in [-0.1, -0.05) is 43.7 Å². The Hall–Kier alpha value is -3.15. The molecule has 2 N–H and O–H groups in total. The van der Waals surface area contributed by atoms with E-state index in [1.165, 1.54) is 0 Å². The molecule has 0 fully saturated rings. The van der Waals surface area contributed by atoms with Gasteiger partial charge in [-0.05, 0) is 24.6 Å². The van der Waals surface area contributed by atoms with E-state index in [1.54, 1.807) is 18.2 Å². The number of carbonyl (C=O) groups excluding carboxylic acids is 1. The highest BCUT2D eigenvalue weighted by Crippen LogP contribution is 2.26. The average molecular weight is 337 g/mol.